The molecule has 2 N–H and O–H groups in total. The molecule has 2 atom stereocenters. The topological polar surface area (TPSA) is 35.2 Å². The molecule has 0 saturated carbocycles. The Morgan fingerprint density at radius 3 is 2.93 bits per heavy atom. The van der Waals surface area contributed by atoms with Crippen LogP contribution in [0.5, 0.6) is 5.75 Å². The van der Waals surface area contributed by atoms with Crippen LogP contribution in [0.3, 0.4) is 0 Å². The molecule has 0 amide bonds. The van der Waals surface area contributed by atoms with Crippen LogP contribution in [0.15, 0.2) is 24.3 Å². The lowest BCUT2D eigenvalue weighted by molar-refractivity contribution is 0.400. The van der Waals surface area contributed by atoms with Gasteiger partial charge in [0.05, 0.1) is 7.11 Å². The van der Waals surface area contributed by atoms with E-state index in [0.29, 0.717) is 11.8 Å². The summed E-state index contributed by atoms with van der Waals surface area (Å²) in [6.07, 6.45) is 0. The normalized spacial score (nSPS) is 25.5. The van der Waals surface area contributed by atoms with Crippen LogP contribution in [-0.2, 0) is 0 Å². The highest BCUT2D eigenvalue weighted by molar-refractivity contribution is 7.99. The zero-order chi connectivity index (χ0) is 10.7. The zero-order valence-corrected chi connectivity index (χ0v) is 9.80. The molecule has 0 spiro atoms. The maximum atomic E-state index is 5.80. The number of nitrogens with two attached hydrogens (primary N) is 1. The Labute approximate surface area is 95.2 Å². The third-order valence-corrected chi connectivity index (χ3v) is 4.30. The van der Waals surface area contributed by atoms with Crippen molar-refractivity contribution in [1.29, 1.82) is 0 Å². The maximum absolute atomic E-state index is 5.80. The molecule has 1 aliphatic rings. The van der Waals surface area contributed by atoms with E-state index in [-0.39, 0.29) is 0 Å². The minimum atomic E-state index is 0.566. The van der Waals surface area contributed by atoms with E-state index in [1.54, 1.807) is 7.11 Å². The standard InChI is InChI=1S/C12H17NOS/c1-14-12-5-3-2-4-10(12)11-8-15-7-9(11)6-13/h2-5,9,11H,6-8,13H2,1H3. The smallest absolute Gasteiger partial charge is 0.122 e. The Balaban J connectivity index is 2.27. The first-order valence-corrected chi connectivity index (χ1v) is 6.43. The summed E-state index contributed by atoms with van der Waals surface area (Å²) in [5.41, 5.74) is 7.12. The van der Waals surface area contributed by atoms with Crippen LogP contribution in [0.2, 0.25) is 0 Å². The van der Waals surface area contributed by atoms with Crippen molar-refractivity contribution in [2.45, 2.75) is 5.92 Å². The van der Waals surface area contributed by atoms with Crippen LogP contribution in [0.25, 0.3) is 0 Å². The van der Waals surface area contributed by atoms with E-state index >= 15 is 0 Å². The Bertz CT molecular complexity index is 329. The molecule has 1 aromatic carbocycles. The monoisotopic (exact) mass is 223 g/mol. The van der Waals surface area contributed by atoms with Gasteiger partial charge in [0.2, 0.25) is 0 Å². The average Bonchev–Trinajstić information content (AvgIpc) is 2.76. The van der Waals surface area contributed by atoms with Gasteiger partial charge in [0.15, 0.2) is 0 Å². The molecule has 3 heteroatoms. The molecule has 1 fully saturated rings. The lowest BCUT2D eigenvalue weighted by Gasteiger charge is -2.19. The van der Waals surface area contributed by atoms with Gasteiger partial charge in [0, 0.05) is 11.7 Å². The minimum Gasteiger partial charge on any atom is -0.496 e. The Morgan fingerprint density at radius 1 is 1.40 bits per heavy atom. The summed E-state index contributed by atoms with van der Waals surface area (Å²) in [6.45, 7) is 0.774. The molecule has 1 aromatic rings. The molecule has 82 valence electrons. The molecule has 0 bridgehead atoms. The summed E-state index contributed by atoms with van der Waals surface area (Å²) in [5, 5.41) is 0. The summed E-state index contributed by atoms with van der Waals surface area (Å²) in [5.74, 6) is 4.52. The quantitative estimate of drug-likeness (QED) is 0.852. The maximum Gasteiger partial charge on any atom is 0.122 e. The van der Waals surface area contributed by atoms with Gasteiger partial charge in [-0.25, -0.2) is 0 Å². The van der Waals surface area contributed by atoms with Crippen molar-refractivity contribution in [3.63, 3.8) is 0 Å². The van der Waals surface area contributed by atoms with Crippen LogP contribution < -0.4 is 10.5 Å². The third kappa shape index (κ3) is 2.13. The molecular weight excluding hydrogens is 206 g/mol. The predicted molar refractivity (Wildman–Crippen MR) is 65.6 cm³/mol. The van der Waals surface area contributed by atoms with Crippen LogP contribution >= 0.6 is 11.8 Å². The van der Waals surface area contributed by atoms with Gasteiger partial charge in [-0.05, 0) is 29.8 Å². The molecule has 0 aromatic heterocycles. The fourth-order valence-electron chi connectivity index (χ4n) is 2.15. The summed E-state index contributed by atoms with van der Waals surface area (Å²) in [4.78, 5) is 0. The van der Waals surface area contributed by atoms with Crippen LogP contribution in [0.4, 0.5) is 0 Å². The van der Waals surface area contributed by atoms with Gasteiger partial charge in [0.25, 0.3) is 0 Å². The third-order valence-electron chi connectivity index (χ3n) is 3.04. The van der Waals surface area contributed by atoms with E-state index in [4.69, 9.17) is 10.5 Å². The minimum absolute atomic E-state index is 0.566. The number of hydrogen-bond donors (Lipinski definition) is 1. The lowest BCUT2D eigenvalue weighted by Crippen LogP contribution is -2.20. The van der Waals surface area contributed by atoms with Gasteiger partial charge in [-0.15, -0.1) is 0 Å². The van der Waals surface area contributed by atoms with E-state index in [0.717, 1.165) is 12.3 Å². The number of thioether (sulfide) groups is 1. The van der Waals surface area contributed by atoms with Crippen molar-refractivity contribution < 1.29 is 4.74 Å². The SMILES string of the molecule is COc1ccccc1C1CSCC1CN. The van der Waals surface area contributed by atoms with Gasteiger partial charge < -0.3 is 10.5 Å². The first kappa shape index (κ1) is 10.8. The molecule has 2 unspecified atom stereocenters. The second kappa shape index (κ2) is 4.90. The van der Waals surface area contributed by atoms with Gasteiger partial charge in [-0.1, -0.05) is 18.2 Å². The summed E-state index contributed by atoms with van der Waals surface area (Å²) in [7, 11) is 1.73. The first-order chi connectivity index (χ1) is 7.36. The van der Waals surface area contributed by atoms with E-state index in [1.165, 1.54) is 17.1 Å². The van der Waals surface area contributed by atoms with E-state index in [2.05, 4.69) is 12.1 Å². The highest BCUT2D eigenvalue weighted by atomic mass is 32.2. The molecule has 0 radical (unpaired) electrons. The first-order valence-electron chi connectivity index (χ1n) is 5.27. The van der Waals surface area contributed by atoms with Crippen molar-refractivity contribution in [1.82, 2.24) is 0 Å². The van der Waals surface area contributed by atoms with Gasteiger partial charge >= 0.3 is 0 Å². The van der Waals surface area contributed by atoms with Crippen molar-refractivity contribution in [3.8, 4) is 5.75 Å². The number of para-hydroxylation sites is 1. The molecule has 1 heterocycles. The second-order valence-corrected chi connectivity index (χ2v) is 4.96. The van der Waals surface area contributed by atoms with Crippen LogP contribution in [-0.4, -0.2) is 25.2 Å². The van der Waals surface area contributed by atoms with E-state index < -0.39 is 0 Å². The van der Waals surface area contributed by atoms with E-state index in [1.807, 2.05) is 23.9 Å². The zero-order valence-electron chi connectivity index (χ0n) is 8.98. The summed E-state index contributed by atoms with van der Waals surface area (Å²) in [6, 6.07) is 8.29. The lowest BCUT2D eigenvalue weighted by atomic mass is 9.88. The Morgan fingerprint density at radius 2 is 2.20 bits per heavy atom. The summed E-state index contributed by atoms with van der Waals surface area (Å²) < 4.78 is 5.40. The van der Waals surface area contributed by atoms with Gasteiger partial charge in [-0.2, -0.15) is 11.8 Å². The Kier molecular flexibility index (Phi) is 3.54. The van der Waals surface area contributed by atoms with Gasteiger partial charge in [-0.3, -0.25) is 0 Å². The number of ether oxygens (including phenoxy) is 1. The fraction of sp³-hybridized carbons (Fsp3) is 0.500. The fourth-order valence-corrected chi connectivity index (χ4v) is 3.66. The predicted octanol–water partition coefficient (Wildman–Crippen LogP) is 2.10. The molecule has 1 saturated heterocycles. The molecule has 0 aliphatic carbocycles. The highest BCUT2D eigenvalue weighted by Gasteiger charge is 2.29. The molecule has 2 rings (SSSR count). The van der Waals surface area contributed by atoms with Gasteiger partial charge in [0.1, 0.15) is 5.75 Å². The molecule has 2 nitrogen and oxygen atoms in total. The number of rotatable bonds is 3. The molecular formula is C12H17NOS. The van der Waals surface area contributed by atoms with Crippen molar-refractivity contribution in [3.05, 3.63) is 29.8 Å². The van der Waals surface area contributed by atoms with Crippen LogP contribution in [0.1, 0.15) is 11.5 Å². The second-order valence-electron chi connectivity index (χ2n) is 3.88. The van der Waals surface area contributed by atoms with Crippen molar-refractivity contribution >= 4 is 11.8 Å². The highest BCUT2D eigenvalue weighted by Crippen LogP contribution is 2.40. The largest absolute Gasteiger partial charge is 0.496 e. The van der Waals surface area contributed by atoms with E-state index in [9.17, 15) is 0 Å². The van der Waals surface area contributed by atoms with Crippen LogP contribution in [0, 0.1) is 5.92 Å². The molecule has 15 heavy (non-hydrogen) atoms. The summed E-state index contributed by atoms with van der Waals surface area (Å²) >= 11 is 1.99. The Hall–Kier alpha value is -0.670. The number of hydrogen-bond acceptors (Lipinski definition) is 3. The van der Waals surface area contributed by atoms with Crippen molar-refractivity contribution in [2.24, 2.45) is 11.7 Å². The molecule has 1 aliphatic heterocycles. The number of benzene rings is 1. The van der Waals surface area contributed by atoms with Crippen molar-refractivity contribution in [2.75, 3.05) is 25.2 Å². The average molecular weight is 223 g/mol. The number of methoxy groups -OCH3 is 1.